The van der Waals surface area contributed by atoms with Crippen LogP contribution in [0.5, 0.6) is 5.75 Å². The summed E-state index contributed by atoms with van der Waals surface area (Å²) < 4.78 is 12.5. The first-order chi connectivity index (χ1) is 12.1. The van der Waals surface area contributed by atoms with E-state index in [2.05, 4.69) is 20.6 Å². The number of carbonyl (C=O) groups is 1. The van der Waals surface area contributed by atoms with E-state index >= 15 is 0 Å². The van der Waals surface area contributed by atoms with Crippen molar-refractivity contribution in [1.82, 2.24) is 25.2 Å². The zero-order valence-corrected chi connectivity index (χ0v) is 13.9. The molecule has 128 valence electrons. The molecule has 0 radical (unpaired) electrons. The Bertz CT molecular complexity index is 930. The van der Waals surface area contributed by atoms with Gasteiger partial charge < -0.3 is 14.6 Å². The highest BCUT2D eigenvalue weighted by Crippen LogP contribution is 2.35. The molecule has 3 aromatic rings. The Kier molecular flexibility index (Phi) is 3.72. The molecule has 8 nitrogen and oxygen atoms in total. The van der Waals surface area contributed by atoms with Crippen molar-refractivity contribution in [1.29, 1.82) is 0 Å². The second-order valence-corrected chi connectivity index (χ2v) is 5.86. The third-order valence-electron chi connectivity index (χ3n) is 4.10. The van der Waals surface area contributed by atoms with Crippen LogP contribution in [0.3, 0.4) is 0 Å². The summed E-state index contributed by atoms with van der Waals surface area (Å²) in [6.07, 6.45) is 3.91. The van der Waals surface area contributed by atoms with Gasteiger partial charge in [0.15, 0.2) is 0 Å². The molecule has 1 atom stereocenters. The Morgan fingerprint density at radius 3 is 3.04 bits per heavy atom. The van der Waals surface area contributed by atoms with Crippen LogP contribution in [0.2, 0.25) is 0 Å². The molecule has 0 saturated heterocycles. The molecular weight excluding hydrogens is 322 g/mol. The van der Waals surface area contributed by atoms with Crippen molar-refractivity contribution in [3.63, 3.8) is 0 Å². The van der Waals surface area contributed by atoms with Gasteiger partial charge in [-0.1, -0.05) is 24.2 Å². The summed E-state index contributed by atoms with van der Waals surface area (Å²) in [5.74, 6) is 1.67. The first-order valence-corrected chi connectivity index (χ1v) is 8.03. The molecule has 0 bridgehead atoms. The normalized spacial score (nSPS) is 15.7. The van der Waals surface area contributed by atoms with Crippen LogP contribution in [0.1, 0.15) is 34.8 Å². The molecule has 1 aliphatic heterocycles. The lowest BCUT2D eigenvalue weighted by Crippen LogP contribution is -2.29. The number of carbonyl (C=O) groups excluding carboxylic acids is 1. The van der Waals surface area contributed by atoms with Gasteiger partial charge >= 0.3 is 0 Å². The first kappa shape index (κ1) is 15.4. The van der Waals surface area contributed by atoms with Gasteiger partial charge in [0, 0.05) is 30.8 Å². The number of nitrogens with zero attached hydrogens (tertiary/aromatic N) is 4. The zero-order valence-electron chi connectivity index (χ0n) is 13.9. The van der Waals surface area contributed by atoms with Crippen molar-refractivity contribution in [3.05, 3.63) is 47.6 Å². The lowest BCUT2D eigenvalue weighted by molar-refractivity contribution is 0.0930. The van der Waals surface area contributed by atoms with Gasteiger partial charge in [-0.05, 0) is 6.07 Å². The highest BCUT2D eigenvalue weighted by atomic mass is 16.5. The molecule has 3 heterocycles. The maximum atomic E-state index is 12.3. The highest BCUT2D eigenvalue weighted by molar-refractivity contribution is 5.94. The number of amides is 1. The monoisotopic (exact) mass is 339 g/mol. The highest BCUT2D eigenvalue weighted by Gasteiger charge is 2.27. The summed E-state index contributed by atoms with van der Waals surface area (Å²) in [5.41, 5.74) is 2.27. The number of aryl methyl sites for hydroxylation is 2. The molecule has 1 N–H and O–H groups in total. The fourth-order valence-corrected chi connectivity index (χ4v) is 2.76. The summed E-state index contributed by atoms with van der Waals surface area (Å²) in [6.45, 7) is 2.34. The minimum Gasteiger partial charge on any atom is -0.491 e. The van der Waals surface area contributed by atoms with E-state index in [0.717, 1.165) is 16.9 Å². The van der Waals surface area contributed by atoms with E-state index in [1.54, 1.807) is 17.9 Å². The molecule has 0 spiro atoms. The van der Waals surface area contributed by atoms with Crippen molar-refractivity contribution in [2.75, 3.05) is 6.61 Å². The zero-order chi connectivity index (χ0) is 17.4. The van der Waals surface area contributed by atoms with E-state index in [-0.39, 0.29) is 11.9 Å². The molecule has 0 saturated carbocycles. The molecule has 25 heavy (non-hydrogen) atoms. The molecule has 1 amide bonds. The molecule has 1 aromatic carbocycles. The number of ether oxygens (including phenoxy) is 1. The lowest BCUT2D eigenvalue weighted by Gasteiger charge is -2.10. The molecule has 0 aliphatic carbocycles. The smallest absolute Gasteiger partial charge is 0.255 e. The largest absolute Gasteiger partial charge is 0.491 e. The fraction of sp³-hybridized carbons (Fsp3) is 0.294. The average molecular weight is 339 g/mol. The predicted molar refractivity (Wildman–Crippen MR) is 88.0 cm³/mol. The van der Waals surface area contributed by atoms with Crippen LogP contribution in [0.4, 0.5) is 0 Å². The van der Waals surface area contributed by atoms with Gasteiger partial charge in [-0.15, -0.1) is 0 Å². The van der Waals surface area contributed by atoms with Gasteiger partial charge in [-0.2, -0.15) is 10.1 Å². The van der Waals surface area contributed by atoms with E-state index in [0.29, 0.717) is 30.3 Å². The van der Waals surface area contributed by atoms with Crippen molar-refractivity contribution in [3.8, 4) is 17.1 Å². The third kappa shape index (κ3) is 2.86. The number of rotatable bonds is 4. The number of aromatic nitrogens is 4. The molecule has 1 aliphatic rings. The van der Waals surface area contributed by atoms with Crippen LogP contribution in [0, 0.1) is 0 Å². The van der Waals surface area contributed by atoms with E-state index in [1.807, 2.05) is 25.1 Å². The van der Waals surface area contributed by atoms with Crippen LogP contribution in [-0.2, 0) is 13.5 Å². The second kappa shape index (κ2) is 6.04. The quantitative estimate of drug-likeness (QED) is 0.780. The molecule has 2 aromatic heterocycles. The number of fused-ring (bicyclic) bond motifs is 1. The minimum atomic E-state index is -0.201. The SMILES string of the molecule is CCc1nc(-c2ccc3c(c2)OCC3NC(=O)c2cnn(C)c2)no1. The van der Waals surface area contributed by atoms with Gasteiger partial charge in [0.05, 0.1) is 17.8 Å². The molecular formula is C17H17N5O3. The third-order valence-corrected chi connectivity index (χ3v) is 4.10. The Balaban J connectivity index is 1.54. The number of hydrogen-bond donors (Lipinski definition) is 1. The average Bonchev–Trinajstić information content (AvgIpc) is 3.34. The summed E-state index contributed by atoms with van der Waals surface area (Å²) in [7, 11) is 1.77. The van der Waals surface area contributed by atoms with Crippen LogP contribution in [0.25, 0.3) is 11.4 Å². The van der Waals surface area contributed by atoms with E-state index in [9.17, 15) is 4.79 Å². The van der Waals surface area contributed by atoms with Gasteiger partial charge in [0.1, 0.15) is 12.4 Å². The Labute approximate surface area is 143 Å². The number of hydrogen-bond acceptors (Lipinski definition) is 6. The Morgan fingerprint density at radius 1 is 1.44 bits per heavy atom. The summed E-state index contributed by atoms with van der Waals surface area (Å²) in [5, 5.41) is 11.0. The van der Waals surface area contributed by atoms with Crippen LogP contribution >= 0.6 is 0 Å². The Hall–Kier alpha value is -3.16. The van der Waals surface area contributed by atoms with Crippen molar-refractivity contribution in [2.24, 2.45) is 7.05 Å². The molecule has 0 fully saturated rings. The van der Waals surface area contributed by atoms with Gasteiger partial charge in [0.2, 0.25) is 11.7 Å². The number of nitrogens with one attached hydrogen (secondary N) is 1. The topological polar surface area (TPSA) is 95.1 Å². The number of benzene rings is 1. The van der Waals surface area contributed by atoms with E-state index in [4.69, 9.17) is 9.26 Å². The molecule has 1 unspecified atom stereocenters. The summed E-state index contributed by atoms with van der Waals surface area (Å²) >= 11 is 0. The maximum absolute atomic E-state index is 12.3. The minimum absolute atomic E-state index is 0.176. The molecule has 4 rings (SSSR count). The Morgan fingerprint density at radius 2 is 2.32 bits per heavy atom. The maximum Gasteiger partial charge on any atom is 0.255 e. The van der Waals surface area contributed by atoms with Crippen LogP contribution < -0.4 is 10.1 Å². The second-order valence-electron chi connectivity index (χ2n) is 5.86. The fourth-order valence-electron chi connectivity index (χ4n) is 2.76. The molecule has 8 heteroatoms. The summed E-state index contributed by atoms with van der Waals surface area (Å²) in [6, 6.07) is 5.50. The summed E-state index contributed by atoms with van der Waals surface area (Å²) in [4.78, 5) is 16.6. The standard InChI is InChI=1S/C17H17N5O3/c1-3-15-20-16(21-25-15)10-4-5-12-13(9-24-14(12)6-10)19-17(23)11-7-18-22(2)8-11/h4-8,13H,3,9H2,1-2H3,(H,19,23). The van der Waals surface area contributed by atoms with Crippen molar-refractivity contribution >= 4 is 5.91 Å². The van der Waals surface area contributed by atoms with Crippen LogP contribution in [0.15, 0.2) is 35.1 Å². The van der Waals surface area contributed by atoms with Gasteiger partial charge in [0.25, 0.3) is 5.91 Å². The van der Waals surface area contributed by atoms with Gasteiger partial charge in [-0.3, -0.25) is 9.48 Å². The van der Waals surface area contributed by atoms with Crippen LogP contribution in [-0.4, -0.2) is 32.4 Å². The van der Waals surface area contributed by atoms with Gasteiger partial charge in [-0.25, -0.2) is 0 Å². The first-order valence-electron chi connectivity index (χ1n) is 8.03. The lowest BCUT2D eigenvalue weighted by atomic mass is 10.1. The van der Waals surface area contributed by atoms with E-state index in [1.165, 1.54) is 6.20 Å². The van der Waals surface area contributed by atoms with E-state index < -0.39 is 0 Å². The predicted octanol–water partition coefficient (Wildman–Crippen LogP) is 1.90. The van der Waals surface area contributed by atoms with Crippen molar-refractivity contribution < 1.29 is 14.1 Å². The van der Waals surface area contributed by atoms with Crippen molar-refractivity contribution in [2.45, 2.75) is 19.4 Å².